The molecule has 11 heavy (non-hydrogen) atoms. The minimum Gasteiger partial charge on any atom is -0.268 e. The fourth-order valence-corrected chi connectivity index (χ4v) is 0.870. The van der Waals surface area contributed by atoms with Gasteiger partial charge in [0, 0.05) is 6.07 Å². The van der Waals surface area contributed by atoms with Crippen LogP contribution >= 0.6 is 0 Å². The summed E-state index contributed by atoms with van der Waals surface area (Å²) in [5, 5.41) is 6.28. The molecule has 3 nitrogen and oxygen atoms in total. The molecule has 1 aromatic rings. The fourth-order valence-electron chi connectivity index (χ4n) is 0.870. The number of rotatable bonds is 3. The van der Waals surface area contributed by atoms with E-state index in [-0.39, 0.29) is 5.56 Å². The Hall–Kier alpha value is -1.12. The van der Waals surface area contributed by atoms with Crippen LogP contribution in [0.2, 0.25) is 0 Å². The van der Waals surface area contributed by atoms with Gasteiger partial charge in [0.05, 0.1) is 5.69 Å². The Labute approximate surface area is 65.5 Å². The van der Waals surface area contributed by atoms with Gasteiger partial charge in [-0.1, -0.05) is 13.3 Å². The highest BCUT2D eigenvalue weighted by molar-refractivity contribution is 4.98. The van der Waals surface area contributed by atoms with Crippen molar-refractivity contribution >= 4 is 0 Å². The second-order valence-corrected chi connectivity index (χ2v) is 2.52. The lowest BCUT2D eigenvalue weighted by atomic mass is 10.2. The molecule has 0 radical (unpaired) electrons. The highest BCUT2D eigenvalue weighted by Gasteiger charge is 1.91. The van der Waals surface area contributed by atoms with Crippen LogP contribution in [0.1, 0.15) is 25.5 Å². The first-order valence-corrected chi connectivity index (χ1v) is 3.87. The van der Waals surface area contributed by atoms with Gasteiger partial charge in [0.1, 0.15) is 0 Å². The van der Waals surface area contributed by atoms with Crippen molar-refractivity contribution in [2.75, 3.05) is 0 Å². The lowest BCUT2D eigenvalue weighted by Gasteiger charge is -1.94. The third kappa shape index (κ3) is 2.53. The lowest BCUT2D eigenvalue weighted by Crippen LogP contribution is -2.07. The largest absolute Gasteiger partial charge is 0.268 e. The maximum Gasteiger partial charge on any atom is 0.264 e. The number of aromatic nitrogens is 2. The Morgan fingerprint density at radius 3 is 2.91 bits per heavy atom. The topological polar surface area (TPSA) is 45.8 Å². The van der Waals surface area contributed by atoms with Crippen molar-refractivity contribution in [1.29, 1.82) is 0 Å². The van der Waals surface area contributed by atoms with Crippen LogP contribution in [0.15, 0.2) is 16.9 Å². The molecular formula is C8H12N2O. The zero-order valence-electron chi connectivity index (χ0n) is 6.63. The minimum absolute atomic E-state index is 0.134. The summed E-state index contributed by atoms with van der Waals surface area (Å²) in [6, 6.07) is 3.28. The van der Waals surface area contributed by atoms with Gasteiger partial charge in [-0.2, -0.15) is 5.10 Å². The molecule has 1 aromatic heterocycles. The quantitative estimate of drug-likeness (QED) is 0.705. The molecule has 0 aliphatic rings. The van der Waals surface area contributed by atoms with E-state index in [9.17, 15) is 4.79 Å². The van der Waals surface area contributed by atoms with Crippen LogP contribution in [-0.2, 0) is 6.42 Å². The highest BCUT2D eigenvalue weighted by atomic mass is 16.1. The zero-order chi connectivity index (χ0) is 8.10. The number of aryl methyl sites for hydroxylation is 1. The van der Waals surface area contributed by atoms with Crippen molar-refractivity contribution in [3.05, 3.63) is 28.2 Å². The molecule has 0 atom stereocenters. The second-order valence-electron chi connectivity index (χ2n) is 2.52. The Kier molecular flexibility index (Phi) is 2.83. The van der Waals surface area contributed by atoms with Crippen molar-refractivity contribution in [3.8, 4) is 0 Å². The Balaban J connectivity index is 2.59. The van der Waals surface area contributed by atoms with Crippen LogP contribution in [0.4, 0.5) is 0 Å². The van der Waals surface area contributed by atoms with Crippen LogP contribution in [0.25, 0.3) is 0 Å². The van der Waals surface area contributed by atoms with Gasteiger partial charge < -0.3 is 0 Å². The van der Waals surface area contributed by atoms with E-state index >= 15 is 0 Å². The average Bonchev–Trinajstić information content (AvgIpc) is 2.04. The molecule has 0 fully saturated rings. The van der Waals surface area contributed by atoms with Crippen molar-refractivity contribution in [3.63, 3.8) is 0 Å². The van der Waals surface area contributed by atoms with Crippen LogP contribution in [0, 0.1) is 0 Å². The molecule has 0 spiro atoms. The first-order chi connectivity index (χ1) is 5.33. The third-order valence-electron chi connectivity index (χ3n) is 1.52. The summed E-state index contributed by atoms with van der Waals surface area (Å²) in [6.07, 6.45) is 3.23. The molecule has 1 heterocycles. The van der Waals surface area contributed by atoms with Gasteiger partial charge >= 0.3 is 0 Å². The van der Waals surface area contributed by atoms with E-state index in [1.807, 2.05) is 0 Å². The molecule has 0 saturated carbocycles. The minimum atomic E-state index is -0.134. The van der Waals surface area contributed by atoms with E-state index in [0.29, 0.717) is 0 Å². The molecule has 0 aromatic carbocycles. The summed E-state index contributed by atoms with van der Waals surface area (Å²) in [7, 11) is 0. The van der Waals surface area contributed by atoms with Crippen LogP contribution in [0.3, 0.4) is 0 Å². The predicted octanol–water partition coefficient (Wildman–Crippen LogP) is 1.11. The van der Waals surface area contributed by atoms with Gasteiger partial charge in [0.15, 0.2) is 0 Å². The number of hydrogen-bond acceptors (Lipinski definition) is 2. The SMILES string of the molecule is CCCCc1ccc(=O)[nH]n1. The summed E-state index contributed by atoms with van der Waals surface area (Å²) in [5.41, 5.74) is 0.830. The van der Waals surface area contributed by atoms with Crippen molar-refractivity contribution < 1.29 is 0 Å². The predicted molar refractivity (Wildman–Crippen MR) is 43.5 cm³/mol. The van der Waals surface area contributed by atoms with Gasteiger partial charge in [-0.15, -0.1) is 0 Å². The smallest absolute Gasteiger partial charge is 0.264 e. The monoisotopic (exact) mass is 152 g/mol. The van der Waals surface area contributed by atoms with Crippen LogP contribution < -0.4 is 5.56 Å². The molecule has 0 saturated heterocycles. The molecule has 1 rings (SSSR count). The van der Waals surface area contributed by atoms with Crippen molar-refractivity contribution in [1.82, 2.24) is 10.2 Å². The summed E-state index contributed by atoms with van der Waals surface area (Å²) in [4.78, 5) is 10.6. The van der Waals surface area contributed by atoms with E-state index < -0.39 is 0 Å². The lowest BCUT2D eigenvalue weighted by molar-refractivity contribution is 0.755. The molecular weight excluding hydrogens is 140 g/mol. The first kappa shape index (κ1) is 7.98. The molecule has 0 bridgehead atoms. The van der Waals surface area contributed by atoms with Gasteiger partial charge in [-0.3, -0.25) is 4.79 Å². The van der Waals surface area contributed by atoms with E-state index in [1.54, 1.807) is 6.07 Å². The van der Waals surface area contributed by atoms with Gasteiger partial charge in [0.2, 0.25) is 0 Å². The molecule has 0 aliphatic carbocycles. The Morgan fingerprint density at radius 2 is 2.36 bits per heavy atom. The van der Waals surface area contributed by atoms with Gasteiger partial charge in [-0.25, -0.2) is 5.10 Å². The van der Waals surface area contributed by atoms with E-state index in [4.69, 9.17) is 0 Å². The molecule has 60 valence electrons. The Bertz CT molecular complexity index is 247. The van der Waals surface area contributed by atoms with Crippen molar-refractivity contribution in [2.24, 2.45) is 0 Å². The van der Waals surface area contributed by atoms with Gasteiger partial charge in [0.25, 0.3) is 5.56 Å². The molecule has 0 unspecified atom stereocenters. The summed E-state index contributed by atoms with van der Waals surface area (Å²) in [6.45, 7) is 2.13. The van der Waals surface area contributed by atoms with Crippen LogP contribution in [0.5, 0.6) is 0 Å². The molecule has 3 heteroatoms. The number of nitrogens with one attached hydrogen (secondary N) is 1. The maximum atomic E-state index is 10.6. The summed E-state index contributed by atoms with van der Waals surface area (Å²) >= 11 is 0. The van der Waals surface area contributed by atoms with E-state index in [2.05, 4.69) is 17.1 Å². The number of unbranched alkanes of at least 4 members (excludes halogenated alkanes) is 1. The number of nitrogens with zero attached hydrogens (tertiary/aromatic N) is 1. The third-order valence-corrected chi connectivity index (χ3v) is 1.52. The molecule has 0 aliphatic heterocycles. The zero-order valence-corrected chi connectivity index (χ0v) is 6.63. The fraction of sp³-hybridized carbons (Fsp3) is 0.500. The standard InChI is InChI=1S/C8H12N2O/c1-2-3-4-7-5-6-8(11)10-9-7/h5-6H,2-4H2,1H3,(H,10,11). The van der Waals surface area contributed by atoms with E-state index in [1.165, 1.54) is 6.07 Å². The summed E-state index contributed by atoms with van der Waals surface area (Å²) < 4.78 is 0. The second kappa shape index (κ2) is 3.91. The number of H-pyrrole nitrogens is 1. The number of aromatic amines is 1. The van der Waals surface area contributed by atoms with Crippen LogP contribution in [-0.4, -0.2) is 10.2 Å². The molecule has 1 N–H and O–H groups in total. The summed E-state index contributed by atoms with van der Waals surface area (Å²) in [5.74, 6) is 0. The van der Waals surface area contributed by atoms with E-state index in [0.717, 1.165) is 25.0 Å². The molecule has 0 amide bonds. The first-order valence-electron chi connectivity index (χ1n) is 3.87. The Morgan fingerprint density at radius 1 is 1.55 bits per heavy atom. The highest BCUT2D eigenvalue weighted by Crippen LogP contribution is 1.97. The normalized spacial score (nSPS) is 9.91. The maximum absolute atomic E-state index is 10.6. The number of hydrogen-bond donors (Lipinski definition) is 1. The average molecular weight is 152 g/mol. The van der Waals surface area contributed by atoms with Gasteiger partial charge in [-0.05, 0) is 18.9 Å². The van der Waals surface area contributed by atoms with Crippen molar-refractivity contribution in [2.45, 2.75) is 26.2 Å².